The van der Waals surface area contributed by atoms with Crippen molar-refractivity contribution in [2.45, 2.75) is 39.5 Å². The number of ketones is 1. The van der Waals surface area contributed by atoms with Gasteiger partial charge >= 0.3 is 0 Å². The van der Waals surface area contributed by atoms with Crippen molar-refractivity contribution in [2.75, 3.05) is 0 Å². The maximum absolute atomic E-state index is 11.6. The first-order valence-corrected chi connectivity index (χ1v) is 5.23. The molecule has 0 bridgehead atoms. The second kappa shape index (κ2) is 2.86. The average molecular weight is 166 g/mol. The van der Waals surface area contributed by atoms with Gasteiger partial charge in [-0.3, -0.25) is 4.79 Å². The van der Waals surface area contributed by atoms with Gasteiger partial charge in [-0.2, -0.15) is 0 Å². The quantitative estimate of drug-likeness (QED) is 0.540. The minimum atomic E-state index is 0.439. The molecule has 1 nitrogen and oxygen atoms in total. The number of hydrogen-bond donors (Lipinski definition) is 0. The topological polar surface area (TPSA) is 17.1 Å². The molecule has 0 unspecified atom stereocenters. The van der Waals surface area contributed by atoms with Gasteiger partial charge < -0.3 is 0 Å². The van der Waals surface area contributed by atoms with Crippen LogP contribution in [0.5, 0.6) is 0 Å². The normalized spacial score (nSPS) is 47.7. The predicted octanol–water partition coefficient (Wildman–Crippen LogP) is 2.65. The molecule has 0 radical (unpaired) electrons. The lowest BCUT2D eigenvalue weighted by atomic mass is 9.72. The van der Waals surface area contributed by atoms with E-state index in [1.807, 2.05) is 0 Å². The van der Waals surface area contributed by atoms with Crippen molar-refractivity contribution in [1.29, 1.82) is 0 Å². The highest BCUT2D eigenvalue weighted by Gasteiger charge is 2.43. The van der Waals surface area contributed by atoms with Gasteiger partial charge in [0.25, 0.3) is 0 Å². The molecule has 0 saturated heterocycles. The molecule has 68 valence electrons. The van der Waals surface area contributed by atoms with Crippen LogP contribution in [0, 0.1) is 23.7 Å². The Morgan fingerprint density at radius 1 is 1.08 bits per heavy atom. The van der Waals surface area contributed by atoms with Crippen molar-refractivity contribution >= 4 is 5.78 Å². The second-order valence-corrected chi connectivity index (χ2v) is 4.73. The van der Waals surface area contributed by atoms with Crippen molar-refractivity contribution in [3.8, 4) is 0 Å². The molecular weight excluding hydrogens is 148 g/mol. The van der Waals surface area contributed by atoms with Crippen LogP contribution < -0.4 is 0 Å². The Morgan fingerprint density at radius 3 is 2.50 bits per heavy atom. The predicted molar refractivity (Wildman–Crippen MR) is 48.8 cm³/mol. The van der Waals surface area contributed by atoms with E-state index in [-0.39, 0.29) is 0 Å². The van der Waals surface area contributed by atoms with Crippen molar-refractivity contribution < 1.29 is 4.79 Å². The molecule has 2 aliphatic rings. The molecule has 0 aromatic rings. The highest BCUT2D eigenvalue weighted by molar-refractivity contribution is 5.82. The zero-order chi connectivity index (χ0) is 8.72. The summed E-state index contributed by atoms with van der Waals surface area (Å²) in [6, 6.07) is 0. The molecule has 2 fully saturated rings. The van der Waals surface area contributed by atoms with Crippen molar-refractivity contribution in [2.24, 2.45) is 23.7 Å². The van der Waals surface area contributed by atoms with E-state index in [9.17, 15) is 4.79 Å². The van der Waals surface area contributed by atoms with Crippen LogP contribution in [0.1, 0.15) is 39.5 Å². The first-order chi connectivity index (χ1) is 5.70. The molecule has 2 rings (SSSR count). The standard InChI is InChI=1S/C11H18O/c1-7-4-6-10(12)11-8(2)3-5-9(7)11/h7-9,11H,3-6H2,1-2H3/t7-,8+,9-,11-/m1/s1. The van der Waals surface area contributed by atoms with Crippen molar-refractivity contribution in [3.63, 3.8) is 0 Å². The summed E-state index contributed by atoms with van der Waals surface area (Å²) in [4.78, 5) is 11.6. The molecular formula is C11H18O. The molecule has 0 amide bonds. The molecule has 4 atom stereocenters. The Kier molecular flexibility index (Phi) is 1.97. The van der Waals surface area contributed by atoms with E-state index >= 15 is 0 Å². The smallest absolute Gasteiger partial charge is 0.136 e. The van der Waals surface area contributed by atoms with Crippen LogP contribution in [0.15, 0.2) is 0 Å². The summed E-state index contributed by atoms with van der Waals surface area (Å²) in [5, 5.41) is 0. The lowest BCUT2D eigenvalue weighted by Gasteiger charge is -2.31. The summed E-state index contributed by atoms with van der Waals surface area (Å²) in [5.74, 6) is 3.21. The molecule has 0 spiro atoms. The highest BCUT2D eigenvalue weighted by atomic mass is 16.1. The van der Waals surface area contributed by atoms with E-state index in [2.05, 4.69) is 13.8 Å². The third-order valence-electron chi connectivity index (χ3n) is 3.98. The molecule has 2 saturated carbocycles. The van der Waals surface area contributed by atoms with E-state index in [4.69, 9.17) is 0 Å². The third kappa shape index (κ3) is 1.10. The fraction of sp³-hybridized carbons (Fsp3) is 0.909. The Hall–Kier alpha value is -0.330. The molecule has 0 aromatic carbocycles. The zero-order valence-electron chi connectivity index (χ0n) is 8.05. The summed E-state index contributed by atoms with van der Waals surface area (Å²) < 4.78 is 0. The minimum Gasteiger partial charge on any atom is -0.299 e. The van der Waals surface area contributed by atoms with E-state index in [1.54, 1.807) is 0 Å². The van der Waals surface area contributed by atoms with Crippen LogP contribution in [0.4, 0.5) is 0 Å². The molecule has 0 aromatic heterocycles. The number of rotatable bonds is 0. The third-order valence-corrected chi connectivity index (χ3v) is 3.98. The van der Waals surface area contributed by atoms with E-state index in [0.717, 1.165) is 24.7 Å². The molecule has 0 heterocycles. The lowest BCUT2D eigenvalue weighted by Crippen LogP contribution is -2.32. The zero-order valence-corrected chi connectivity index (χ0v) is 8.05. The van der Waals surface area contributed by atoms with Gasteiger partial charge in [-0.05, 0) is 37.0 Å². The van der Waals surface area contributed by atoms with Gasteiger partial charge in [-0.1, -0.05) is 13.8 Å². The number of hydrogen-bond acceptors (Lipinski definition) is 1. The van der Waals surface area contributed by atoms with Crippen LogP contribution >= 0.6 is 0 Å². The number of carbonyl (C=O) groups excluding carboxylic acids is 1. The fourth-order valence-electron chi connectivity index (χ4n) is 3.18. The SMILES string of the molecule is C[C@@H]1CCC(=O)[C@H]2[C@@H]1CC[C@@H]2C. The van der Waals surface area contributed by atoms with Gasteiger partial charge in [0.2, 0.25) is 0 Å². The van der Waals surface area contributed by atoms with Crippen LogP contribution in [-0.4, -0.2) is 5.78 Å². The van der Waals surface area contributed by atoms with Crippen molar-refractivity contribution in [3.05, 3.63) is 0 Å². The van der Waals surface area contributed by atoms with Gasteiger partial charge in [-0.15, -0.1) is 0 Å². The van der Waals surface area contributed by atoms with E-state index < -0.39 is 0 Å². The van der Waals surface area contributed by atoms with Gasteiger partial charge in [0.15, 0.2) is 0 Å². The molecule has 12 heavy (non-hydrogen) atoms. The molecule has 1 heteroatoms. The van der Waals surface area contributed by atoms with Crippen LogP contribution in [0.3, 0.4) is 0 Å². The minimum absolute atomic E-state index is 0.439. The number of carbonyl (C=O) groups is 1. The van der Waals surface area contributed by atoms with E-state index in [1.165, 1.54) is 12.8 Å². The van der Waals surface area contributed by atoms with Gasteiger partial charge in [0, 0.05) is 12.3 Å². The van der Waals surface area contributed by atoms with Gasteiger partial charge in [0.1, 0.15) is 5.78 Å². The number of Topliss-reactive ketones (excluding diaryl/α,β-unsaturated/α-hetero) is 1. The molecule has 0 aliphatic heterocycles. The first-order valence-electron chi connectivity index (χ1n) is 5.23. The van der Waals surface area contributed by atoms with Crippen LogP contribution in [0.25, 0.3) is 0 Å². The lowest BCUT2D eigenvalue weighted by molar-refractivity contribution is -0.128. The van der Waals surface area contributed by atoms with Gasteiger partial charge in [0.05, 0.1) is 0 Å². The summed E-state index contributed by atoms with van der Waals surface area (Å²) in [6.07, 6.45) is 4.59. The monoisotopic (exact) mass is 166 g/mol. The Morgan fingerprint density at radius 2 is 1.83 bits per heavy atom. The summed E-state index contributed by atoms with van der Waals surface area (Å²) in [6.45, 7) is 4.57. The second-order valence-electron chi connectivity index (χ2n) is 4.73. The summed E-state index contributed by atoms with van der Waals surface area (Å²) in [7, 11) is 0. The Bertz CT molecular complexity index is 197. The van der Waals surface area contributed by atoms with Gasteiger partial charge in [-0.25, -0.2) is 0 Å². The van der Waals surface area contributed by atoms with Crippen LogP contribution in [0.2, 0.25) is 0 Å². The largest absolute Gasteiger partial charge is 0.299 e. The summed E-state index contributed by atoms with van der Waals surface area (Å²) >= 11 is 0. The maximum atomic E-state index is 11.6. The fourth-order valence-corrected chi connectivity index (χ4v) is 3.18. The molecule has 2 aliphatic carbocycles. The Labute approximate surface area is 74.5 Å². The summed E-state index contributed by atoms with van der Waals surface area (Å²) in [5.41, 5.74) is 0. The Balaban J connectivity index is 2.18. The number of fused-ring (bicyclic) bond motifs is 1. The van der Waals surface area contributed by atoms with Crippen molar-refractivity contribution in [1.82, 2.24) is 0 Å². The van der Waals surface area contributed by atoms with Crippen LogP contribution in [-0.2, 0) is 4.79 Å². The maximum Gasteiger partial charge on any atom is 0.136 e. The first kappa shape index (κ1) is 8.28. The van der Waals surface area contributed by atoms with E-state index in [0.29, 0.717) is 17.6 Å². The highest BCUT2D eigenvalue weighted by Crippen LogP contribution is 2.46. The molecule has 0 N–H and O–H groups in total. The average Bonchev–Trinajstić information content (AvgIpc) is 2.42.